The van der Waals surface area contributed by atoms with E-state index in [4.69, 9.17) is 28.9 Å². The maximum absolute atomic E-state index is 10.9. The lowest BCUT2D eigenvalue weighted by Gasteiger charge is -2.02. The van der Waals surface area contributed by atoms with E-state index in [0.717, 1.165) is 0 Å². The summed E-state index contributed by atoms with van der Waals surface area (Å²) in [4.78, 5) is 10.9. The van der Waals surface area contributed by atoms with Crippen molar-refractivity contribution in [2.45, 2.75) is 6.92 Å². The molecular weight excluding hydrogens is 197 g/mol. The summed E-state index contributed by atoms with van der Waals surface area (Å²) in [5, 5.41) is 0.625. The number of hydrogen-bond acceptors (Lipinski definition) is 2. The fourth-order valence-corrected chi connectivity index (χ4v) is 1.27. The Bertz CT molecular complexity index is 313. The van der Waals surface area contributed by atoms with Gasteiger partial charge in [0.25, 0.3) is 0 Å². The van der Waals surface area contributed by atoms with Gasteiger partial charge in [0.2, 0.25) is 0 Å². The molecule has 0 atom stereocenters. The second kappa shape index (κ2) is 3.33. The molecule has 64 valence electrons. The average molecular weight is 204 g/mol. The monoisotopic (exact) mass is 203 g/mol. The molecule has 0 unspecified atom stereocenters. The standard InChI is InChI=1S/C8H7Cl2NO/c1-4(12)5-2-6(9)8(11)7(10)3-5/h2-3H,11H2,1H3. The number of hydrogen-bond donors (Lipinski definition) is 1. The highest BCUT2D eigenvalue weighted by Crippen LogP contribution is 2.28. The molecule has 0 saturated heterocycles. The Morgan fingerprint density at radius 1 is 1.33 bits per heavy atom. The lowest BCUT2D eigenvalue weighted by Crippen LogP contribution is -1.95. The van der Waals surface area contributed by atoms with Gasteiger partial charge in [-0.2, -0.15) is 0 Å². The Morgan fingerprint density at radius 2 is 1.75 bits per heavy atom. The maximum atomic E-state index is 10.9. The number of carbonyl (C=O) groups is 1. The molecule has 12 heavy (non-hydrogen) atoms. The Hall–Kier alpha value is -0.730. The van der Waals surface area contributed by atoms with E-state index < -0.39 is 0 Å². The smallest absolute Gasteiger partial charge is 0.159 e. The number of nitrogens with two attached hydrogens (primary N) is 1. The molecule has 1 aromatic rings. The Morgan fingerprint density at radius 3 is 2.08 bits per heavy atom. The Labute approximate surface area is 80.3 Å². The van der Waals surface area contributed by atoms with Gasteiger partial charge in [0.15, 0.2) is 5.78 Å². The maximum Gasteiger partial charge on any atom is 0.159 e. The van der Waals surface area contributed by atoms with E-state index in [1.54, 1.807) is 0 Å². The normalized spacial score (nSPS) is 9.92. The number of benzene rings is 1. The quantitative estimate of drug-likeness (QED) is 0.564. The van der Waals surface area contributed by atoms with Crippen LogP contribution in [0.3, 0.4) is 0 Å². The first kappa shape index (κ1) is 9.36. The summed E-state index contributed by atoms with van der Waals surface area (Å²) in [6.45, 7) is 1.44. The highest BCUT2D eigenvalue weighted by molar-refractivity contribution is 6.39. The molecule has 0 spiro atoms. The molecule has 2 N–H and O–H groups in total. The van der Waals surface area contributed by atoms with Crippen molar-refractivity contribution in [3.05, 3.63) is 27.7 Å². The topological polar surface area (TPSA) is 43.1 Å². The fraction of sp³-hybridized carbons (Fsp3) is 0.125. The summed E-state index contributed by atoms with van der Waals surface area (Å²) in [7, 11) is 0. The third kappa shape index (κ3) is 1.71. The van der Waals surface area contributed by atoms with Crippen LogP contribution in [0, 0.1) is 0 Å². The van der Waals surface area contributed by atoms with Gasteiger partial charge in [0, 0.05) is 5.56 Å². The first-order valence-electron chi connectivity index (χ1n) is 3.28. The SMILES string of the molecule is CC(=O)c1cc(Cl)c(N)c(Cl)c1. The van der Waals surface area contributed by atoms with E-state index in [1.807, 2.05) is 0 Å². The van der Waals surface area contributed by atoms with Crippen LogP contribution in [0.15, 0.2) is 12.1 Å². The molecule has 0 aromatic heterocycles. The third-order valence-electron chi connectivity index (χ3n) is 1.49. The zero-order valence-electron chi connectivity index (χ0n) is 6.40. The summed E-state index contributed by atoms with van der Waals surface area (Å²) < 4.78 is 0. The molecule has 4 heteroatoms. The van der Waals surface area contributed by atoms with Crippen LogP contribution in [0.4, 0.5) is 5.69 Å². The highest BCUT2D eigenvalue weighted by Gasteiger charge is 2.06. The van der Waals surface area contributed by atoms with Gasteiger partial charge in [-0.1, -0.05) is 23.2 Å². The van der Waals surface area contributed by atoms with Crippen molar-refractivity contribution in [3.8, 4) is 0 Å². The van der Waals surface area contributed by atoms with E-state index in [2.05, 4.69) is 0 Å². The Kier molecular flexibility index (Phi) is 2.60. The Balaban J connectivity index is 3.31. The van der Waals surface area contributed by atoms with E-state index in [9.17, 15) is 4.79 Å². The molecule has 1 aromatic carbocycles. The van der Waals surface area contributed by atoms with E-state index in [0.29, 0.717) is 21.3 Å². The predicted octanol–water partition coefficient (Wildman–Crippen LogP) is 2.78. The van der Waals surface area contributed by atoms with E-state index in [1.165, 1.54) is 19.1 Å². The molecule has 0 amide bonds. The molecule has 0 aliphatic carbocycles. The molecule has 0 heterocycles. The zero-order valence-corrected chi connectivity index (χ0v) is 7.91. The lowest BCUT2D eigenvalue weighted by atomic mass is 10.1. The minimum Gasteiger partial charge on any atom is -0.396 e. The first-order chi connectivity index (χ1) is 5.52. The summed E-state index contributed by atoms with van der Waals surface area (Å²) in [5.74, 6) is -0.0844. The van der Waals surface area contributed by atoms with Gasteiger partial charge in [0.05, 0.1) is 15.7 Å². The molecule has 0 fully saturated rings. The van der Waals surface area contributed by atoms with Crippen molar-refractivity contribution in [2.24, 2.45) is 0 Å². The second-order valence-corrected chi connectivity index (χ2v) is 3.22. The van der Waals surface area contributed by atoms with Crippen LogP contribution in [-0.2, 0) is 0 Å². The molecule has 2 nitrogen and oxygen atoms in total. The van der Waals surface area contributed by atoms with Crippen molar-refractivity contribution in [3.63, 3.8) is 0 Å². The fourth-order valence-electron chi connectivity index (χ4n) is 0.788. The summed E-state index contributed by atoms with van der Waals surface area (Å²) in [6, 6.07) is 3.01. The third-order valence-corrected chi connectivity index (χ3v) is 2.11. The van der Waals surface area contributed by atoms with Crippen LogP contribution in [0.25, 0.3) is 0 Å². The first-order valence-corrected chi connectivity index (χ1v) is 4.03. The largest absolute Gasteiger partial charge is 0.396 e. The number of nitrogen functional groups attached to an aromatic ring is 1. The van der Waals surface area contributed by atoms with Gasteiger partial charge in [-0.15, -0.1) is 0 Å². The van der Waals surface area contributed by atoms with Crippen LogP contribution in [0.5, 0.6) is 0 Å². The van der Waals surface area contributed by atoms with Gasteiger partial charge in [-0.25, -0.2) is 0 Å². The van der Waals surface area contributed by atoms with Gasteiger partial charge in [-0.05, 0) is 19.1 Å². The van der Waals surface area contributed by atoms with Crippen LogP contribution in [0.2, 0.25) is 10.0 Å². The van der Waals surface area contributed by atoms with Gasteiger partial charge < -0.3 is 5.73 Å². The second-order valence-electron chi connectivity index (χ2n) is 2.41. The molecule has 0 aliphatic heterocycles. The van der Waals surface area contributed by atoms with Crippen LogP contribution in [-0.4, -0.2) is 5.78 Å². The molecule has 0 radical (unpaired) electrons. The van der Waals surface area contributed by atoms with Crippen molar-refractivity contribution < 1.29 is 4.79 Å². The summed E-state index contributed by atoms with van der Waals surface area (Å²) >= 11 is 11.4. The number of halogens is 2. The number of carbonyl (C=O) groups excluding carboxylic acids is 1. The molecule has 0 saturated carbocycles. The molecule has 0 aliphatic rings. The zero-order chi connectivity index (χ0) is 9.30. The van der Waals surface area contributed by atoms with Gasteiger partial charge in [0.1, 0.15) is 0 Å². The summed E-state index contributed by atoms with van der Waals surface area (Å²) in [5.41, 5.74) is 6.26. The number of anilines is 1. The summed E-state index contributed by atoms with van der Waals surface area (Å²) in [6.07, 6.45) is 0. The van der Waals surface area contributed by atoms with Crippen molar-refractivity contribution in [1.82, 2.24) is 0 Å². The lowest BCUT2D eigenvalue weighted by molar-refractivity contribution is 0.101. The minimum absolute atomic E-state index is 0.0844. The predicted molar refractivity (Wildman–Crippen MR) is 50.9 cm³/mol. The average Bonchev–Trinajstić information content (AvgIpc) is 1.99. The van der Waals surface area contributed by atoms with Gasteiger partial charge in [-0.3, -0.25) is 4.79 Å². The minimum atomic E-state index is -0.0844. The van der Waals surface area contributed by atoms with Crippen molar-refractivity contribution >= 4 is 34.7 Å². The van der Waals surface area contributed by atoms with Crippen LogP contribution < -0.4 is 5.73 Å². The molecule has 0 bridgehead atoms. The number of rotatable bonds is 1. The molecular formula is C8H7Cl2NO. The number of ketones is 1. The van der Waals surface area contributed by atoms with Crippen LogP contribution >= 0.6 is 23.2 Å². The van der Waals surface area contributed by atoms with E-state index in [-0.39, 0.29) is 5.78 Å². The molecule has 1 rings (SSSR count). The van der Waals surface area contributed by atoms with Crippen LogP contribution in [0.1, 0.15) is 17.3 Å². The number of Topliss-reactive ketones (excluding diaryl/α,β-unsaturated/α-hetero) is 1. The van der Waals surface area contributed by atoms with Crippen molar-refractivity contribution in [2.75, 3.05) is 5.73 Å². The highest BCUT2D eigenvalue weighted by atomic mass is 35.5. The van der Waals surface area contributed by atoms with E-state index >= 15 is 0 Å². The van der Waals surface area contributed by atoms with Gasteiger partial charge >= 0.3 is 0 Å². The van der Waals surface area contributed by atoms with Crippen molar-refractivity contribution in [1.29, 1.82) is 0 Å².